The van der Waals surface area contributed by atoms with E-state index in [-0.39, 0.29) is 11.4 Å². The maximum Gasteiger partial charge on any atom is 0.416 e. The Morgan fingerprint density at radius 3 is 2.28 bits per heavy atom. The first kappa shape index (κ1) is 12.2. The third-order valence-corrected chi connectivity index (χ3v) is 2.38. The van der Waals surface area contributed by atoms with E-state index in [2.05, 4.69) is 0 Å². The van der Waals surface area contributed by atoms with Gasteiger partial charge in [-0.3, -0.25) is 10.1 Å². The lowest BCUT2D eigenvalue weighted by Gasteiger charge is -2.10. The molecule has 1 aromatic carbocycles. The van der Waals surface area contributed by atoms with Crippen molar-refractivity contribution in [2.75, 3.05) is 0 Å². The van der Waals surface area contributed by atoms with Crippen LogP contribution < -0.4 is 0 Å². The van der Waals surface area contributed by atoms with Crippen LogP contribution in [0.15, 0.2) is 42.7 Å². The second-order valence-corrected chi connectivity index (χ2v) is 3.55. The van der Waals surface area contributed by atoms with Gasteiger partial charge in [-0.15, -0.1) is 0 Å². The molecule has 0 saturated carbocycles. The normalized spacial score (nSPS) is 11.5. The molecule has 0 radical (unpaired) electrons. The number of aromatic nitrogens is 1. The highest BCUT2D eigenvalue weighted by Crippen LogP contribution is 2.33. The van der Waals surface area contributed by atoms with Crippen molar-refractivity contribution in [3.63, 3.8) is 0 Å². The van der Waals surface area contributed by atoms with Gasteiger partial charge in [-0.1, -0.05) is 0 Å². The van der Waals surface area contributed by atoms with Crippen LogP contribution in [0.4, 0.5) is 18.9 Å². The highest BCUT2D eigenvalue weighted by Gasteiger charge is 2.32. The predicted molar refractivity (Wildman–Crippen MR) is 57.4 cm³/mol. The fourth-order valence-corrected chi connectivity index (χ4v) is 1.56. The van der Waals surface area contributed by atoms with Gasteiger partial charge in [0.05, 0.1) is 10.5 Å². The van der Waals surface area contributed by atoms with E-state index in [1.165, 1.54) is 17.0 Å². The summed E-state index contributed by atoms with van der Waals surface area (Å²) in [5.41, 5.74) is -1.41. The molecule has 2 rings (SSSR count). The smallest absolute Gasteiger partial charge is 0.318 e. The van der Waals surface area contributed by atoms with E-state index in [1.54, 1.807) is 12.1 Å². The second kappa shape index (κ2) is 4.17. The Bertz CT molecular complexity index is 576. The Morgan fingerprint density at radius 2 is 1.78 bits per heavy atom. The summed E-state index contributed by atoms with van der Waals surface area (Å²) < 4.78 is 39.0. The zero-order chi connectivity index (χ0) is 13.3. The van der Waals surface area contributed by atoms with Crippen LogP contribution in [-0.2, 0) is 6.18 Å². The Kier molecular flexibility index (Phi) is 2.82. The van der Waals surface area contributed by atoms with E-state index in [0.717, 1.165) is 12.1 Å². The number of hydrogen-bond acceptors (Lipinski definition) is 2. The zero-order valence-electron chi connectivity index (χ0n) is 8.89. The van der Waals surface area contributed by atoms with Gasteiger partial charge in [0.2, 0.25) is 0 Å². The first-order valence-corrected chi connectivity index (χ1v) is 4.88. The Hall–Kier alpha value is -2.31. The summed E-state index contributed by atoms with van der Waals surface area (Å²) in [6.07, 6.45) is -1.64. The van der Waals surface area contributed by atoms with Gasteiger partial charge in [-0.2, -0.15) is 13.2 Å². The summed E-state index contributed by atoms with van der Waals surface area (Å²) in [4.78, 5) is 10.1. The molecule has 1 heterocycles. The maximum absolute atomic E-state index is 12.6. The minimum absolute atomic E-state index is 0.111. The molecule has 4 nitrogen and oxygen atoms in total. The van der Waals surface area contributed by atoms with E-state index in [1.807, 2.05) is 0 Å². The summed E-state index contributed by atoms with van der Waals surface area (Å²) in [6, 6.07) is 5.47. The van der Waals surface area contributed by atoms with Crippen molar-refractivity contribution in [3.8, 4) is 5.69 Å². The molecule has 0 aliphatic carbocycles. The first-order chi connectivity index (χ1) is 8.39. The van der Waals surface area contributed by atoms with Crippen molar-refractivity contribution in [2.45, 2.75) is 6.18 Å². The number of nitrogens with zero attached hydrogens (tertiary/aromatic N) is 2. The largest absolute Gasteiger partial charge is 0.416 e. The van der Waals surface area contributed by atoms with Crippen LogP contribution in [0.2, 0.25) is 0 Å². The molecule has 0 aliphatic heterocycles. The summed E-state index contributed by atoms with van der Waals surface area (Å²) >= 11 is 0. The average Bonchev–Trinajstić information content (AvgIpc) is 2.80. The SMILES string of the molecule is O=[N+]([O-])c1ccc(C(F)(F)F)cc1-n1cccc1. The Morgan fingerprint density at radius 1 is 1.17 bits per heavy atom. The zero-order valence-corrected chi connectivity index (χ0v) is 8.89. The molecule has 7 heteroatoms. The maximum atomic E-state index is 12.6. The van der Waals surface area contributed by atoms with Crippen molar-refractivity contribution in [3.05, 3.63) is 58.4 Å². The molecule has 0 N–H and O–H groups in total. The van der Waals surface area contributed by atoms with Gasteiger partial charge >= 0.3 is 6.18 Å². The summed E-state index contributed by atoms with van der Waals surface area (Å²) in [5, 5.41) is 10.8. The monoisotopic (exact) mass is 256 g/mol. The van der Waals surface area contributed by atoms with Crippen LogP contribution in [-0.4, -0.2) is 9.49 Å². The molecule has 1 aromatic heterocycles. The summed E-state index contributed by atoms with van der Waals surface area (Å²) in [7, 11) is 0. The molecule has 0 spiro atoms. The van der Waals surface area contributed by atoms with Crippen LogP contribution in [0.1, 0.15) is 5.56 Å². The fraction of sp³-hybridized carbons (Fsp3) is 0.0909. The van der Waals surface area contributed by atoms with Gasteiger partial charge in [0.15, 0.2) is 0 Å². The van der Waals surface area contributed by atoms with Crippen molar-refractivity contribution in [1.29, 1.82) is 0 Å². The number of hydrogen-bond donors (Lipinski definition) is 0. The number of rotatable bonds is 2. The molecule has 0 fully saturated rings. The minimum atomic E-state index is -4.53. The lowest BCUT2D eigenvalue weighted by molar-refractivity contribution is -0.384. The highest BCUT2D eigenvalue weighted by molar-refractivity contribution is 5.54. The summed E-state index contributed by atoms with van der Waals surface area (Å²) in [6.45, 7) is 0. The van der Waals surface area contributed by atoms with E-state index >= 15 is 0 Å². The van der Waals surface area contributed by atoms with Gasteiger partial charge in [0.1, 0.15) is 5.69 Å². The molecule has 18 heavy (non-hydrogen) atoms. The minimum Gasteiger partial charge on any atom is -0.318 e. The van der Waals surface area contributed by atoms with Crippen molar-refractivity contribution in [2.24, 2.45) is 0 Å². The molecule has 0 amide bonds. The predicted octanol–water partition coefficient (Wildman–Crippen LogP) is 3.40. The number of halogens is 3. The molecule has 0 unspecified atom stereocenters. The lowest BCUT2D eigenvalue weighted by Crippen LogP contribution is -2.07. The Labute approximate surface area is 99.4 Å². The quantitative estimate of drug-likeness (QED) is 0.610. The molecule has 0 bridgehead atoms. The molecule has 0 aliphatic rings. The third-order valence-electron chi connectivity index (χ3n) is 2.38. The third kappa shape index (κ3) is 2.20. The number of nitro benzene ring substituents is 1. The Balaban J connectivity index is 2.63. The average molecular weight is 256 g/mol. The van der Waals surface area contributed by atoms with Crippen LogP contribution in [0, 0.1) is 10.1 Å². The lowest BCUT2D eigenvalue weighted by atomic mass is 10.1. The van der Waals surface area contributed by atoms with E-state index in [9.17, 15) is 23.3 Å². The first-order valence-electron chi connectivity index (χ1n) is 4.88. The molecule has 2 aromatic rings. The number of nitro groups is 1. The van der Waals surface area contributed by atoms with Crippen LogP contribution in [0.5, 0.6) is 0 Å². The van der Waals surface area contributed by atoms with Crippen molar-refractivity contribution < 1.29 is 18.1 Å². The van der Waals surface area contributed by atoms with Gasteiger partial charge in [0.25, 0.3) is 5.69 Å². The fourth-order valence-electron chi connectivity index (χ4n) is 1.56. The van der Waals surface area contributed by atoms with Gasteiger partial charge in [0, 0.05) is 18.5 Å². The van der Waals surface area contributed by atoms with Crippen molar-refractivity contribution in [1.82, 2.24) is 4.57 Å². The van der Waals surface area contributed by atoms with Gasteiger partial charge in [-0.25, -0.2) is 0 Å². The van der Waals surface area contributed by atoms with Crippen LogP contribution in [0.25, 0.3) is 5.69 Å². The molecule has 94 valence electrons. The molecular weight excluding hydrogens is 249 g/mol. The van der Waals surface area contributed by atoms with Crippen LogP contribution >= 0.6 is 0 Å². The molecule has 0 atom stereocenters. The van der Waals surface area contributed by atoms with E-state index in [0.29, 0.717) is 6.07 Å². The number of benzene rings is 1. The molecule has 0 saturated heterocycles. The van der Waals surface area contributed by atoms with E-state index < -0.39 is 16.7 Å². The van der Waals surface area contributed by atoms with E-state index in [4.69, 9.17) is 0 Å². The second-order valence-electron chi connectivity index (χ2n) is 3.55. The summed E-state index contributed by atoms with van der Waals surface area (Å²) in [5.74, 6) is 0. The highest BCUT2D eigenvalue weighted by atomic mass is 19.4. The van der Waals surface area contributed by atoms with Gasteiger partial charge in [-0.05, 0) is 24.3 Å². The topological polar surface area (TPSA) is 48.1 Å². The van der Waals surface area contributed by atoms with Crippen LogP contribution in [0.3, 0.4) is 0 Å². The number of alkyl halides is 3. The molecular formula is C11H7F3N2O2. The van der Waals surface area contributed by atoms with Crippen molar-refractivity contribution >= 4 is 5.69 Å². The standard InChI is InChI=1S/C11H7F3N2O2/c12-11(13,14)8-3-4-9(16(17)18)10(7-8)15-5-1-2-6-15/h1-7H. The van der Waals surface area contributed by atoms with Gasteiger partial charge < -0.3 is 4.57 Å².